The second kappa shape index (κ2) is 5.91. The zero-order chi connectivity index (χ0) is 13.8. The Morgan fingerprint density at radius 1 is 1.56 bits per heavy atom. The van der Waals surface area contributed by atoms with Crippen LogP contribution in [-0.2, 0) is 10.0 Å². The fraction of sp³-hybridized carbons (Fsp3) is 0.364. The van der Waals surface area contributed by atoms with E-state index in [0.717, 1.165) is 12.1 Å². The Morgan fingerprint density at radius 2 is 2.22 bits per heavy atom. The van der Waals surface area contributed by atoms with Crippen molar-refractivity contribution in [2.24, 2.45) is 0 Å². The van der Waals surface area contributed by atoms with Crippen molar-refractivity contribution in [3.8, 4) is 6.07 Å². The first kappa shape index (κ1) is 14.6. The molecule has 7 heteroatoms. The number of hydrogen-bond donors (Lipinski definition) is 2. The molecule has 0 aliphatic rings. The minimum Gasteiger partial charge on any atom is -0.395 e. The van der Waals surface area contributed by atoms with E-state index in [1.807, 2.05) is 0 Å². The lowest BCUT2D eigenvalue weighted by atomic mass is 10.2. The van der Waals surface area contributed by atoms with Gasteiger partial charge in [0.05, 0.1) is 6.61 Å². The minimum atomic E-state index is -4.02. The lowest BCUT2D eigenvalue weighted by Crippen LogP contribution is -2.37. The monoisotopic (exact) mass is 272 g/mol. The van der Waals surface area contributed by atoms with Gasteiger partial charge in [-0.3, -0.25) is 0 Å². The van der Waals surface area contributed by atoms with E-state index in [1.54, 1.807) is 6.92 Å². The number of sulfonamides is 1. The molecule has 1 aromatic carbocycles. The highest BCUT2D eigenvalue weighted by Crippen LogP contribution is 2.18. The molecule has 0 saturated carbocycles. The summed E-state index contributed by atoms with van der Waals surface area (Å²) in [4.78, 5) is -0.420. The highest BCUT2D eigenvalue weighted by atomic mass is 32.2. The number of aliphatic hydroxyl groups is 1. The fourth-order valence-electron chi connectivity index (χ4n) is 1.37. The largest absolute Gasteiger partial charge is 0.395 e. The second-order valence-corrected chi connectivity index (χ2v) is 5.32. The number of nitriles is 1. The first-order chi connectivity index (χ1) is 8.46. The molecule has 0 fully saturated rings. The third-order valence-electron chi connectivity index (χ3n) is 2.41. The lowest BCUT2D eigenvalue weighted by molar-refractivity contribution is 0.254. The normalized spacial score (nSPS) is 13.0. The van der Waals surface area contributed by atoms with Crippen LogP contribution >= 0.6 is 0 Å². The van der Waals surface area contributed by atoms with E-state index in [-0.39, 0.29) is 6.61 Å². The molecule has 1 atom stereocenters. The van der Waals surface area contributed by atoms with Gasteiger partial charge in [-0.1, -0.05) is 13.0 Å². The second-order valence-electron chi connectivity index (χ2n) is 3.63. The van der Waals surface area contributed by atoms with E-state index in [0.29, 0.717) is 6.42 Å². The number of rotatable bonds is 5. The quantitative estimate of drug-likeness (QED) is 0.827. The zero-order valence-corrected chi connectivity index (χ0v) is 10.5. The van der Waals surface area contributed by atoms with Crippen molar-refractivity contribution >= 4 is 10.0 Å². The summed E-state index contributed by atoms with van der Waals surface area (Å²) in [6.07, 6.45) is 0.382. The van der Waals surface area contributed by atoms with Gasteiger partial charge in [-0.05, 0) is 18.6 Å². The summed E-state index contributed by atoms with van der Waals surface area (Å²) in [6.45, 7) is 1.33. The van der Waals surface area contributed by atoms with Crippen LogP contribution in [0.5, 0.6) is 0 Å². The van der Waals surface area contributed by atoms with E-state index in [1.165, 1.54) is 12.1 Å². The lowest BCUT2D eigenvalue weighted by Gasteiger charge is -2.15. The van der Waals surface area contributed by atoms with Crippen molar-refractivity contribution in [2.75, 3.05) is 6.61 Å². The molecule has 1 aromatic rings. The third-order valence-corrected chi connectivity index (χ3v) is 3.97. The predicted molar refractivity (Wildman–Crippen MR) is 62.6 cm³/mol. The summed E-state index contributed by atoms with van der Waals surface area (Å²) in [5.74, 6) is -0.891. The molecule has 0 aliphatic carbocycles. The smallest absolute Gasteiger partial charge is 0.242 e. The van der Waals surface area contributed by atoms with Crippen molar-refractivity contribution in [2.45, 2.75) is 24.3 Å². The third kappa shape index (κ3) is 3.04. The standard InChI is InChI=1S/C11H13FN2O3S/c1-2-8(7-15)14-18(16,17)11-5-3-4-10(12)9(11)6-13/h3-5,8,14-15H,2,7H2,1H3/t8-/m0/s1. The van der Waals surface area contributed by atoms with Crippen LogP contribution in [0.25, 0.3) is 0 Å². The van der Waals surface area contributed by atoms with E-state index in [2.05, 4.69) is 4.72 Å². The van der Waals surface area contributed by atoms with Crippen LogP contribution in [0.4, 0.5) is 4.39 Å². The maximum Gasteiger partial charge on any atom is 0.242 e. The maximum absolute atomic E-state index is 13.3. The van der Waals surface area contributed by atoms with Gasteiger partial charge < -0.3 is 5.11 Å². The number of hydrogen-bond acceptors (Lipinski definition) is 4. The molecule has 1 rings (SSSR count). The van der Waals surface area contributed by atoms with Gasteiger partial charge in [0.2, 0.25) is 10.0 Å². The van der Waals surface area contributed by atoms with E-state index < -0.39 is 32.3 Å². The van der Waals surface area contributed by atoms with Gasteiger partial charge in [-0.2, -0.15) is 5.26 Å². The topological polar surface area (TPSA) is 90.2 Å². The number of halogens is 1. The molecule has 0 radical (unpaired) electrons. The Balaban J connectivity index is 3.22. The first-order valence-corrected chi connectivity index (χ1v) is 6.76. The van der Waals surface area contributed by atoms with Crippen molar-refractivity contribution in [3.63, 3.8) is 0 Å². The molecule has 18 heavy (non-hydrogen) atoms. The van der Waals surface area contributed by atoms with Gasteiger partial charge in [0.15, 0.2) is 0 Å². The Morgan fingerprint density at radius 3 is 2.72 bits per heavy atom. The van der Waals surface area contributed by atoms with Crippen molar-refractivity contribution in [1.29, 1.82) is 5.26 Å². The van der Waals surface area contributed by atoms with Crippen LogP contribution in [-0.4, -0.2) is 26.2 Å². The summed E-state index contributed by atoms with van der Waals surface area (Å²) in [5, 5.41) is 17.7. The molecule has 0 amide bonds. The van der Waals surface area contributed by atoms with Crippen molar-refractivity contribution in [3.05, 3.63) is 29.6 Å². The average molecular weight is 272 g/mol. The van der Waals surface area contributed by atoms with Gasteiger partial charge in [-0.15, -0.1) is 0 Å². The Bertz CT molecular complexity index is 562. The molecule has 98 valence electrons. The molecule has 5 nitrogen and oxygen atoms in total. The van der Waals surface area contributed by atoms with Gasteiger partial charge >= 0.3 is 0 Å². The van der Waals surface area contributed by atoms with Gasteiger partial charge in [-0.25, -0.2) is 17.5 Å². The van der Waals surface area contributed by atoms with Crippen LogP contribution < -0.4 is 4.72 Å². The summed E-state index contributed by atoms with van der Waals surface area (Å²) in [7, 11) is -4.02. The molecule has 0 spiro atoms. The molecule has 0 saturated heterocycles. The van der Waals surface area contributed by atoms with Gasteiger partial charge in [0.1, 0.15) is 22.3 Å². The number of nitrogens with zero attached hydrogens (tertiary/aromatic N) is 1. The molecule has 2 N–H and O–H groups in total. The van der Waals surface area contributed by atoms with Crippen LogP contribution in [0.3, 0.4) is 0 Å². The molecule has 0 unspecified atom stereocenters. The van der Waals surface area contributed by atoms with E-state index in [4.69, 9.17) is 10.4 Å². The van der Waals surface area contributed by atoms with Crippen LogP contribution in [0.15, 0.2) is 23.1 Å². The maximum atomic E-state index is 13.3. The number of benzene rings is 1. The SMILES string of the molecule is CC[C@@H](CO)NS(=O)(=O)c1cccc(F)c1C#N. The first-order valence-electron chi connectivity index (χ1n) is 5.28. The summed E-state index contributed by atoms with van der Waals surface area (Å²) < 4.78 is 39.4. The highest BCUT2D eigenvalue weighted by Gasteiger charge is 2.23. The van der Waals surface area contributed by atoms with Crippen molar-refractivity contribution in [1.82, 2.24) is 4.72 Å². The van der Waals surface area contributed by atoms with Crippen LogP contribution in [0, 0.1) is 17.1 Å². The molecular weight excluding hydrogens is 259 g/mol. The van der Waals surface area contributed by atoms with Crippen LogP contribution in [0.1, 0.15) is 18.9 Å². The highest BCUT2D eigenvalue weighted by molar-refractivity contribution is 7.89. The fourth-order valence-corrected chi connectivity index (χ4v) is 2.85. The minimum absolute atomic E-state index is 0.368. The van der Waals surface area contributed by atoms with E-state index in [9.17, 15) is 12.8 Å². The molecular formula is C11H13FN2O3S. The summed E-state index contributed by atoms with van der Waals surface area (Å²) >= 11 is 0. The average Bonchev–Trinajstić information content (AvgIpc) is 2.35. The zero-order valence-electron chi connectivity index (χ0n) is 9.72. The molecule has 0 aliphatic heterocycles. The van der Waals surface area contributed by atoms with E-state index >= 15 is 0 Å². The molecule has 0 heterocycles. The van der Waals surface area contributed by atoms with Gasteiger partial charge in [0, 0.05) is 6.04 Å². The summed E-state index contributed by atoms with van der Waals surface area (Å²) in [5.41, 5.74) is -0.530. The Kier molecular flexibility index (Phi) is 4.78. The van der Waals surface area contributed by atoms with Crippen molar-refractivity contribution < 1.29 is 17.9 Å². The van der Waals surface area contributed by atoms with Gasteiger partial charge in [0.25, 0.3) is 0 Å². The Labute approximate surface area is 105 Å². The Hall–Kier alpha value is -1.49. The number of aliphatic hydroxyl groups excluding tert-OH is 1. The predicted octanol–water partition coefficient (Wildman–Crippen LogP) is 0.747. The molecule has 0 aromatic heterocycles. The van der Waals surface area contributed by atoms with Crippen LogP contribution in [0.2, 0.25) is 0 Å². The summed E-state index contributed by atoms with van der Waals surface area (Å²) in [6, 6.07) is 4.23. The molecule has 0 bridgehead atoms. The number of nitrogens with one attached hydrogen (secondary N) is 1.